The molecule has 1 unspecified atom stereocenters. The van der Waals surface area contributed by atoms with Crippen LogP contribution in [0.1, 0.15) is 54.1 Å². The number of aromatic nitrogens is 1. The maximum absolute atomic E-state index is 13.1. The molecule has 1 heterocycles. The number of halogens is 2. The van der Waals surface area contributed by atoms with Crippen molar-refractivity contribution >= 4 is 29.0 Å². The molecule has 0 aliphatic carbocycles. The number of ether oxygens (including phenoxy) is 1. The molecule has 0 spiro atoms. The lowest BCUT2D eigenvalue weighted by molar-refractivity contribution is 0.0928. The molecule has 1 atom stereocenters. The van der Waals surface area contributed by atoms with E-state index in [1.807, 2.05) is 33.8 Å². The zero-order chi connectivity index (χ0) is 23.4. The van der Waals surface area contributed by atoms with E-state index >= 15 is 0 Å². The third kappa shape index (κ3) is 5.52. The maximum atomic E-state index is 13.1. The topological polar surface area (TPSA) is 72.6 Å². The number of ketones is 1. The third-order valence-corrected chi connectivity index (χ3v) is 5.72. The summed E-state index contributed by atoms with van der Waals surface area (Å²) in [7, 11) is 0. The van der Waals surface area contributed by atoms with Crippen LogP contribution < -0.4 is 4.74 Å². The van der Waals surface area contributed by atoms with Crippen molar-refractivity contribution in [1.82, 2.24) is 4.98 Å². The van der Waals surface area contributed by atoms with Crippen molar-refractivity contribution in [2.45, 2.75) is 40.0 Å². The van der Waals surface area contributed by atoms with Crippen LogP contribution in [-0.2, 0) is 6.42 Å². The van der Waals surface area contributed by atoms with E-state index in [-0.39, 0.29) is 30.8 Å². The first-order valence-electron chi connectivity index (χ1n) is 10.5. The monoisotopic (exact) mass is 475 g/mol. The van der Waals surface area contributed by atoms with E-state index in [2.05, 4.69) is 4.98 Å². The van der Waals surface area contributed by atoms with Crippen LogP contribution >= 0.6 is 23.2 Å². The number of aliphatic hydroxyl groups excluding tert-OH is 1. The molecule has 2 aromatic carbocycles. The minimum absolute atomic E-state index is 0.0191. The van der Waals surface area contributed by atoms with E-state index < -0.39 is 0 Å². The zero-order valence-corrected chi connectivity index (χ0v) is 20.1. The Morgan fingerprint density at radius 1 is 1.16 bits per heavy atom. The fraction of sp³-hybridized carbons (Fsp3) is 0.360. The standard InChI is InChI=1S/C25H27Cl2NO4/c1-14(2)24-21(28-25(32-24)19-7-6-18(26)13-20(19)27)12-16(4)23(30)17-5-8-22(15(3)11-17)31-10-9-29/h5-8,11,13-14,16,29H,9-10,12H2,1-4H3. The van der Waals surface area contributed by atoms with Crippen LogP contribution in [0.4, 0.5) is 0 Å². The lowest BCUT2D eigenvalue weighted by Crippen LogP contribution is -2.15. The Balaban J connectivity index is 1.83. The summed E-state index contributed by atoms with van der Waals surface area (Å²) in [4.78, 5) is 17.8. The van der Waals surface area contributed by atoms with E-state index in [0.717, 1.165) is 17.0 Å². The van der Waals surface area contributed by atoms with E-state index in [0.29, 0.717) is 39.2 Å². The summed E-state index contributed by atoms with van der Waals surface area (Å²) >= 11 is 12.3. The molecule has 7 heteroatoms. The second kappa shape index (κ2) is 10.5. The molecule has 1 aromatic heterocycles. The van der Waals surface area contributed by atoms with Crippen molar-refractivity contribution in [2.75, 3.05) is 13.2 Å². The fourth-order valence-electron chi connectivity index (χ4n) is 3.53. The summed E-state index contributed by atoms with van der Waals surface area (Å²) in [5.41, 5.74) is 2.88. The van der Waals surface area contributed by atoms with E-state index in [1.54, 1.807) is 30.3 Å². The highest BCUT2D eigenvalue weighted by atomic mass is 35.5. The Labute approximate surface area is 198 Å². The van der Waals surface area contributed by atoms with Gasteiger partial charge in [0.25, 0.3) is 0 Å². The predicted octanol–water partition coefficient (Wildman–Crippen LogP) is 6.51. The van der Waals surface area contributed by atoms with Crippen LogP contribution in [-0.4, -0.2) is 29.1 Å². The Hall–Kier alpha value is -2.34. The van der Waals surface area contributed by atoms with E-state index in [1.165, 1.54) is 0 Å². The van der Waals surface area contributed by atoms with Crippen LogP contribution in [0.2, 0.25) is 10.0 Å². The van der Waals surface area contributed by atoms with Crippen molar-refractivity contribution in [2.24, 2.45) is 5.92 Å². The molecule has 0 radical (unpaired) electrons. The van der Waals surface area contributed by atoms with Gasteiger partial charge in [-0.2, -0.15) is 0 Å². The Bertz CT molecular complexity index is 1110. The molecule has 0 amide bonds. The Morgan fingerprint density at radius 2 is 1.91 bits per heavy atom. The molecule has 0 fully saturated rings. The highest BCUT2D eigenvalue weighted by Gasteiger charge is 2.24. The lowest BCUT2D eigenvalue weighted by atomic mass is 9.92. The highest BCUT2D eigenvalue weighted by molar-refractivity contribution is 6.36. The largest absolute Gasteiger partial charge is 0.491 e. The molecule has 0 bridgehead atoms. The molecule has 5 nitrogen and oxygen atoms in total. The molecule has 0 aliphatic heterocycles. The van der Waals surface area contributed by atoms with Crippen LogP contribution in [0.3, 0.4) is 0 Å². The van der Waals surface area contributed by atoms with Gasteiger partial charge in [0.15, 0.2) is 5.78 Å². The van der Waals surface area contributed by atoms with Crippen molar-refractivity contribution < 1.29 is 19.1 Å². The smallest absolute Gasteiger partial charge is 0.228 e. The second-order valence-corrected chi connectivity index (χ2v) is 8.97. The number of hydrogen-bond acceptors (Lipinski definition) is 5. The number of oxazole rings is 1. The molecule has 0 saturated carbocycles. The summed E-state index contributed by atoms with van der Waals surface area (Å²) in [6.07, 6.45) is 0.447. The van der Waals surface area contributed by atoms with Crippen molar-refractivity contribution in [3.8, 4) is 17.2 Å². The highest BCUT2D eigenvalue weighted by Crippen LogP contribution is 2.34. The van der Waals surface area contributed by atoms with Crippen LogP contribution in [0, 0.1) is 12.8 Å². The van der Waals surface area contributed by atoms with Gasteiger partial charge in [0.2, 0.25) is 5.89 Å². The molecule has 32 heavy (non-hydrogen) atoms. The van der Waals surface area contributed by atoms with Crippen molar-refractivity contribution in [1.29, 1.82) is 0 Å². The third-order valence-electron chi connectivity index (χ3n) is 5.17. The van der Waals surface area contributed by atoms with Crippen molar-refractivity contribution in [3.63, 3.8) is 0 Å². The summed E-state index contributed by atoms with van der Waals surface area (Å²) in [5, 5.41) is 9.93. The van der Waals surface area contributed by atoms with Gasteiger partial charge in [-0.3, -0.25) is 4.79 Å². The SMILES string of the molecule is Cc1cc(C(=O)C(C)Cc2nc(-c3ccc(Cl)cc3Cl)oc2C(C)C)ccc1OCCO. The summed E-state index contributed by atoms with van der Waals surface area (Å²) < 4.78 is 11.5. The first-order chi connectivity index (χ1) is 15.2. The molecule has 1 N–H and O–H groups in total. The first-order valence-corrected chi connectivity index (χ1v) is 11.3. The Kier molecular flexibility index (Phi) is 7.99. The number of aryl methyl sites for hydroxylation is 1. The number of aliphatic hydroxyl groups is 1. The normalized spacial score (nSPS) is 12.2. The van der Waals surface area contributed by atoms with E-state index in [4.69, 9.17) is 37.5 Å². The van der Waals surface area contributed by atoms with Gasteiger partial charge < -0.3 is 14.3 Å². The number of carbonyl (C=O) groups excluding carboxylic acids is 1. The summed E-state index contributed by atoms with van der Waals surface area (Å²) in [6, 6.07) is 10.5. The molecular formula is C25H27Cl2NO4. The number of hydrogen-bond donors (Lipinski definition) is 1. The van der Waals surface area contributed by atoms with Gasteiger partial charge in [-0.1, -0.05) is 44.0 Å². The lowest BCUT2D eigenvalue weighted by Gasteiger charge is -2.13. The minimum atomic E-state index is -0.297. The van der Waals surface area contributed by atoms with Crippen LogP contribution in [0.15, 0.2) is 40.8 Å². The summed E-state index contributed by atoms with van der Waals surface area (Å²) in [5.74, 6) is 1.65. The molecule has 0 aliphatic rings. The average molecular weight is 476 g/mol. The molecular weight excluding hydrogens is 449 g/mol. The number of rotatable bonds is 9. The quantitative estimate of drug-likeness (QED) is 0.357. The van der Waals surface area contributed by atoms with Gasteiger partial charge in [-0.25, -0.2) is 4.98 Å². The van der Waals surface area contributed by atoms with Crippen molar-refractivity contribution in [3.05, 3.63) is 69.0 Å². The molecule has 170 valence electrons. The molecule has 3 rings (SSSR count). The predicted molar refractivity (Wildman–Crippen MR) is 127 cm³/mol. The van der Waals surface area contributed by atoms with Gasteiger partial charge in [-0.15, -0.1) is 0 Å². The van der Waals surface area contributed by atoms with Gasteiger partial charge >= 0.3 is 0 Å². The zero-order valence-electron chi connectivity index (χ0n) is 18.6. The average Bonchev–Trinajstić information content (AvgIpc) is 3.16. The second-order valence-electron chi connectivity index (χ2n) is 8.13. The van der Waals surface area contributed by atoms with Crippen LogP contribution in [0.25, 0.3) is 11.5 Å². The minimum Gasteiger partial charge on any atom is -0.491 e. The Morgan fingerprint density at radius 3 is 2.53 bits per heavy atom. The van der Waals surface area contributed by atoms with Crippen LogP contribution in [0.5, 0.6) is 5.75 Å². The number of nitrogens with zero attached hydrogens (tertiary/aromatic N) is 1. The van der Waals surface area contributed by atoms with Gasteiger partial charge in [-0.05, 0) is 48.9 Å². The number of Topliss-reactive ketones (excluding diaryl/α,β-unsaturated/α-hetero) is 1. The molecule has 3 aromatic rings. The molecule has 0 saturated heterocycles. The summed E-state index contributed by atoms with van der Waals surface area (Å²) in [6.45, 7) is 7.98. The number of carbonyl (C=O) groups is 1. The van der Waals surface area contributed by atoms with Gasteiger partial charge in [0, 0.05) is 28.8 Å². The van der Waals surface area contributed by atoms with E-state index in [9.17, 15) is 4.79 Å². The first kappa shape index (κ1) is 24.3. The fourth-order valence-corrected chi connectivity index (χ4v) is 4.02. The maximum Gasteiger partial charge on any atom is 0.228 e. The van der Waals surface area contributed by atoms with Gasteiger partial charge in [0.1, 0.15) is 18.1 Å². The number of benzene rings is 2. The van der Waals surface area contributed by atoms with Gasteiger partial charge in [0.05, 0.1) is 22.9 Å².